The molecule has 1 rings (SSSR count). The number of rotatable bonds is 1. The minimum atomic E-state index is -0.416. The summed E-state index contributed by atoms with van der Waals surface area (Å²) in [6.45, 7) is 5.91. The van der Waals surface area contributed by atoms with E-state index in [1.165, 1.54) is 0 Å². The number of carbonyl (C=O) groups excluding carboxylic acids is 1. The van der Waals surface area contributed by atoms with Crippen LogP contribution in [0.1, 0.15) is 29.8 Å². The van der Waals surface area contributed by atoms with Crippen LogP contribution in [0.5, 0.6) is 0 Å². The zero-order valence-electron chi connectivity index (χ0n) is 7.90. The third-order valence-electron chi connectivity index (χ3n) is 1.38. The van der Waals surface area contributed by atoms with Gasteiger partial charge in [-0.15, -0.1) is 0 Å². The van der Waals surface area contributed by atoms with Gasteiger partial charge in [0.2, 0.25) is 0 Å². The van der Waals surface area contributed by atoms with Crippen molar-refractivity contribution in [3.8, 4) is 0 Å². The van der Waals surface area contributed by atoms with Crippen LogP contribution < -0.4 is 0 Å². The molecule has 1 aromatic rings. The van der Waals surface area contributed by atoms with Gasteiger partial charge in [-0.3, -0.25) is 4.79 Å². The molecule has 0 amide bonds. The Kier molecular flexibility index (Phi) is 6.00. The molecule has 1 nitrogen and oxygen atoms in total. The zero-order valence-corrected chi connectivity index (χ0v) is 10.2. The van der Waals surface area contributed by atoms with Crippen molar-refractivity contribution >= 4 is 32.8 Å². The molecule has 0 bridgehead atoms. The lowest BCUT2D eigenvalue weighted by Gasteiger charge is -1.98. The number of hydrogen-bond donors (Lipinski definition) is 0. The third-order valence-corrected chi connectivity index (χ3v) is 2.49. The van der Waals surface area contributed by atoms with Crippen LogP contribution in [0.2, 0.25) is 0 Å². The summed E-state index contributed by atoms with van der Waals surface area (Å²) in [6.07, 6.45) is 0. The van der Waals surface area contributed by atoms with Crippen molar-refractivity contribution in [2.24, 2.45) is 0 Å². The Hall–Kier alpha value is -0.340. The van der Waals surface area contributed by atoms with Gasteiger partial charge in [0.1, 0.15) is 0 Å². The molecule has 0 radical (unpaired) electrons. The van der Waals surface area contributed by atoms with E-state index in [2.05, 4.69) is 15.9 Å². The first-order valence-electron chi connectivity index (χ1n) is 4.07. The predicted octanol–water partition coefficient (Wildman–Crippen LogP) is 4.16. The van der Waals surface area contributed by atoms with Crippen molar-refractivity contribution < 1.29 is 4.79 Å². The van der Waals surface area contributed by atoms with Gasteiger partial charge in [0.15, 0.2) is 0 Å². The van der Waals surface area contributed by atoms with E-state index in [1.807, 2.05) is 26.8 Å². The Bertz CT molecular complexity index is 297. The van der Waals surface area contributed by atoms with Crippen molar-refractivity contribution in [1.29, 1.82) is 0 Å². The number of carbonyl (C=O) groups is 1. The number of hydrogen-bond acceptors (Lipinski definition) is 1. The molecule has 0 saturated carbocycles. The molecule has 0 saturated heterocycles. The number of aryl methyl sites for hydroxylation is 1. The summed E-state index contributed by atoms with van der Waals surface area (Å²) in [7, 11) is 0. The van der Waals surface area contributed by atoms with E-state index in [0.29, 0.717) is 5.56 Å². The SMILES string of the molecule is CC.Cc1cc(C(=O)Cl)ccc1Br. The monoisotopic (exact) mass is 262 g/mol. The Balaban J connectivity index is 0.000000671. The molecule has 0 fully saturated rings. The summed E-state index contributed by atoms with van der Waals surface area (Å²) in [4.78, 5) is 10.7. The van der Waals surface area contributed by atoms with Gasteiger partial charge in [-0.05, 0) is 42.3 Å². The Morgan fingerprint density at radius 2 is 1.92 bits per heavy atom. The molecule has 72 valence electrons. The number of benzene rings is 1. The summed E-state index contributed by atoms with van der Waals surface area (Å²) in [5.41, 5.74) is 1.55. The summed E-state index contributed by atoms with van der Waals surface area (Å²) < 4.78 is 0.985. The quantitative estimate of drug-likeness (QED) is 0.695. The average molecular weight is 264 g/mol. The van der Waals surface area contributed by atoms with Crippen molar-refractivity contribution in [1.82, 2.24) is 0 Å². The van der Waals surface area contributed by atoms with Gasteiger partial charge in [0.05, 0.1) is 0 Å². The van der Waals surface area contributed by atoms with Gasteiger partial charge in [-0.25, -0.2) is 0 Å². The largest absolute Gasteiger partial charge is 0.276 e. The van der Waals surface area contributed by atoms with E-state index < -0.39 is 5.24 Å². The van der Waals surface area contributed by atoms with Crippen molar-refractivity contribution in [2.45, 2.75) is 20.8 Å². The summed E-state index contributed by atoms with van der Waals surface area (Å²) >= 11 is 8.60. The molecule has 0 unspecified atom stereocenters. The smallest absolute Gasteiger partial charge is 0.252 e. The summed E-state index contributed by atoms with van der Waals surface area (Å²) in [5, 5.41) is -0.416. The normalized spacial score (nSPS) is 8.69. The zero-order chi connectivity index (χ0) is 10.4. The molecule has 0 aliphatic rings. The molecule has 1 aromatic carbocycles. The van der Waals surface area contributed by atoms with Gasteiger partial charge in [0.25, 0.3) is 5.24 Å². The van der Waals surface area contributed by atoms with Crippen molar-refractivity contribution in [3.05, 3.63) is 33.8 Å². The molecule has 3 heteroatoms. The molecule has 0 N–H and O–H groups in total. The second-order valence-electron chi connectivity index (χ2n) is 2.24. The topological polar surface area (TPSA) is 17.1 Å². The van der Waals surface area contributed by atoms with E-state index in [4.69, 9.17) is 11.6 Å². The maximum absolute atomic E-state index is 10.7. The van der Waals surface area contributed by atoms with Crippen LogP contribution in [-0.4, -0.2) is 5.24 Å². The first-order chi connectivity index (χ1) is 6.11. The second-order valence-corrected chi connectivity index (χ2v) is 3.44. The lowest BCUT2D eigenvalue weighted by atomic mass is 10.2. The highest BCUT2D eigenvalue weighted by Gasteiger charge is 2.02. The van der Waals surface area contributed by atoms with Gasteiger partial charge in [0, 0.05) is 10.0 Å². The molecular weight excluding hydrogens is 251 g/mol. The predicted molar refractivity (Wildman–Crippen MR) is 60.4 cm³/mol. The summed E-state index contributed by atoms with van der Waals surface area (Å²) in [6, 6.07) is 5.25. The van der Waals surface area contributed by atoms with Gasteiger partial charge in [-0.1, -0.05) is 29.8 Å². The van der Waals surface area contributed by atoms with Crippen LogP contribution in [0.4, 0.5) is 0 Å². The van der Waals surface area contributed by atoms with Gasteiger partial charge >= 0.3 is 0 Å². The fourth-order valence-corrected chi connectivity index (χ4v) is 1.13. The van der Waals surface area contributed by atoms with E-state index in [1.54, 1.807) is 12.1 Å². The van der Waals surface area contributed by atoms with Crippen LogP contribution in [-0.2, 0) is 0 Å². The first kappa shape index (κ1) is 12.7. The highest BCUT2D eigenvalue weighted by atomic mass is 79.9. The van der Waals surface area contributed by atoms with Crippen LogP contribution in [0.15, 0.2) is 22.7 Å². The van der Waals surface area contributed by atoms with Gasteiger partial charge < -0.3 is 0 Å². The van der Waals surface area contributed by atoms with E-state index in [9.17, 15) is 4.79 Å². The Labute approximate surface area is 92.2 Å². The standard InChI is InChI=1S/C8H6BrClO.C2H6/c1-5-4-6(8(10)11)2-3-7(5)9;1-2/h2-4H,1H3;1-2H3. The first-order valence-corrected chi connectivity index (χ1v) is 5.24. The Morgan fingerprint density at radius 3 is 2.31 bits per heavy atom. The number of halogens is 2. The van der Waals surface area contributed by atoms with E-state index in [0.717, 1.165) is 10.0 Å². The second kappa shape index (κ2) is 6.17. The molecule has 0 heterocycles. The Morgan fingerprint density at radius 1 is 1.38 bits per heavy atom. The fourth-order valence-electron chi connectivity index (χ4n) is 0.767. The third kappa shape index (κ3) is 3.92. The minimum Gasteiger partial charge on any atom is -0.276 e. The van der Waals surface area contributed by atoms with Crippen LogP contribution >= 0.6 is 27.5 Å². The lowest BCUT2D eigenvalue weighted by molar-refractivity contribution is 0.108. The molecule has 0 aliphatic carbocycles. The maximum Gasteiger partial charge on any atom is 0.252 e. The molecule has 0 aromatic heterocycles. The molecule has 0 spiro atoms. The lowest BCUT2D eigenvalue weighted by Crippen LogP contribution is -1.88. The summed E-state index contributed by atoms with van der Waals surface area (Å²) in [5.74, 6) is 0. The van der Waals surface area contributed by atoms with Crippen molar-refractivity contribution in [2.75, 3.05) is 0 Å². The molecule has 13 heavy (non-hydrogen) atoms. The molecular formula is C10H12BrClO. The van der Waals surface area contributed by atoms with E-state index >= 15 is 0 Å². The average Bonchev–Trinajstić information content (AvgIpc) is 2.13. The van der Waals surface area contributed by atoms with E-state index in [-0.39, 0.29) is 0 Å². The van der Waals surface area contributed by atoms with Crippen LogP contribution in [0.25, 0.3) is 0 Å². The maximum atomic E-state index is 10.7. The van der Waals surface area contributed by atoms with Crippen molar-refractivity contribution in [3.63, 3.8) is 0 Å². The molecule has 0 atom stereocenters. The highest BCUT2D eigenvalue weighted by Crippen LogP contribution is 2.17. The van der Waals surface area contributed by atoms with Gasteiger partial charge in [-0.2, -0.15) is 0 Å². The fraction of sp³-hybridized carbons (Fsp3) is 0.300. The minimum absolute atomic E-state index is 0.416. The molecule has 0 aliphatic heterocycles. The van der Waals surface area contributed by atoms with Crippen LogP contribution in [0, 0.1) is 6.92 Å². The van der Waals surface area contributed by atoms with Crippen LogP contribution in [0.3, 0.4) is 0 Å². The highest BCUT2D eigenvalue weighted by molar-refractivity contribution is 9.10.